The number of aromatic nitrogens is 1. The highest BCUT2D eigenvalue weighted by molar-refractivity contribution is 9.10. The van der Waals surface area contributed by atoms with E-state index in [1.54, 1.807) is 4.90 Å². The second-order valence-corrected chi connectivity index (χ2v) is 7.88. The van der Waals surface area contributed by atoms with E-state index in [-0.39, 0.29) is 19.0 Å². The number of nitrogens with two attached hydrogens (primary N) is 1. The minimum atomic E-state index is -3.66. The second-order valence-electron chi connectivity index (χ2n) is 5.42. The number of carbonyl (C=O) groups excluding carboxylic acids is 1. The average molecular weight is 377 g/mol. The molecule has 0 spiro atoms. The Hall–Kier alpha value is -0.900. The van der Waals surface area contributed by atoms with Gasteiger partial charge in [0.25, 0.3) is 16.1 Å². The van der Waals surface area contributed by atoms with Gasteiger partial charge < -0.3 is 9.47 Å². The highest BCUT2D eigenvalue weighted by atomic mass is 79.9. The first-order valence-electron chi connectivity index (χ1n) is 6.81. The quantitative estimate of drug-likeness (QED) is 0.834. The molecule has 2 N–H and O–H groups in total. The zero-order valence-corrected chi connectivity index (χ0v) is 13.8. The van der Waals surface area contributed by atoms with Gasteiger partial charge in [0.15, 0.2) is 0 Å². The van der Waals surface area contributed by atoms with Crippen LogP contribution in [0.3, 0.4) is 0 Å². The van der Waals surface area contributed by atoms with Crippen molar-refractivity contribution in [1.82, 2.24) is 13.8 Å². The van der Waals surface area contributed by atoms with Crippen LogP contribution in [0.25, 0.3) is 0 Å². The molecule has 116 valence electrons. The Labute approximate surface area is 132 Å². The van der Waals surface area contributed by atoms with Gasteiger partial charge in [-0.3, -0.25) is 4.79 Å². The molecule has 3 rings (SSSR count). The van der Waals surface area contributed by atoms with E-state index < -0.39 is 10.2 Å². The van der Waals surface area contributed by atoms with Gasteiger partial charge in [0, 0.05) is 42.9 Å². The van der Waals surface area contributed by atoms with Crippen LogP contribution in [0.2, 0.25) is 0 Å². The number of piperazine rings is 1. The summed E-state index contributed by atoms with van der Waals surface area (Å²) in [7, 11) is -3.66. The van der Waals surface area contributed by atoms with Crippen LogP contribution < -0.4 is 5.14 Å². The van der Waals surface area contributed by atoms with Gasteiger partial charge in [0.1, 0.15) is 5.69 Å². The van der Waals surface area contributed by atoms with Gasteiger partial charge in [0.05, 0.1) is 0 Å². The smallest absolute Gasteiger partial charge is 0.277 e. The van der Waals surface area contributed by atoms with Gasteiger partial charge in [-0.05, 0) is 34.8 Å². The van der Waals surface area contributed by atoms with Gasteiger partial charge >= 0.3 is 0 Å². The number of hydrogen-bond donors (Lipinski definition) is 1. The summed E-state index contributed by atoms with van der Waals surface area (Å²) in [6.07, 6.45) is 4.13. The molecule has 2 fully saturated rings. The molecule has 7 nitrogen and oxygen atoms in total. The lowest BCUT2D eigenvalue weighted by Crippen LogP contribution is -2.52. The summed E-state index contributed by atoms with van der Waals surface area (Å²) >= 11 is 3.41. The molecule has 1 saturated heterocycles. The van der Waals surface area contributed by atoms with Crippen molar-refractivity contribution in [2.24, 2.45) is 5.14 Å². The summed E-state index contributed by atoms with van der Waals surface area (Å²) < 4.78 is 26.7. The van der Waals surface area contributed by atoms with Crippen LogP contribution in [0.15, 0.2) is 16.7 Å². The Bertz CT molecular complexity index is 660. The molecule has 1 aliphatic heterocycles. The van der Waals surface area contributed by atoms with Gasteiger partial charge in [-0.1, -0.05) is 0 Å². The Morgan fingerprint density at radius 3 is 2.38 bits per heavy atom. The minimum Gasteiger partial charge on any atom is -0.339 e. The molecule has 0 atom stereocenters. The summed E-state index contributed by atoms with van der Waals surface area (Å²) in [6.45, 7) is 1.22. The molecule has 1 aliphatic carbocycles. The van der Waals surface area contributed by atoms with E-state index in [1.165, 1.54) is 4.31 Å². The van der Waals surface area contributed by atoms with Crippen LogP contribution in [-0.4, -0.2) is 54.3 Å². The normalized spacial score (nSPS) is 20.8. The van der Waals surface area contributed by atoms with E-state index in [1.807, 2.05) is 16.8 Å². The van der Waals surface area contributed by atoms with Crippen molar-refractivity contribution in [2.45, 2.75) is 18.9 Å². The van der Waals surface area contributed by atoms with Crippen LogP contribution in [0.1, 0.15) is 29.4 Å². The number of halogens is 1. The third-order valence-corrected chi connectivity index (χ3v) is 5.38. The van der Waals surface area contributed by atoms with E-state index in [0.717, 1.165) is 17.3 Å². The molecule has 0 unspecified atom stereocenters. The van der Waals surface area contributed by atoms with Crippen LogP contribution in [0.5, 0.6) is 0 Å². The van der Waals surface area contributed by atoms with Crippen molar-refractivity contribution in [3.63, 3.8) is 0 Å². The van der Waals surface area contributed by atoms with Crippen molar-refractivity contribution in [1.29, 1.82) is 0 Å². The largest absolute Gasteiger partial charge is 0.339 e. The average Bonchev–Trinajstić information content (AvgIpc) is 3.20. The van der Waals surface area contributed by atoms with Gasteiger partial charge in [-0.15, -0.1) is 0 Å². The van der Waals surface area contributed by atoms with Crippen molar-refractivity contribution in [2.75, 3.05) is 26.2 Å². The minimum absolute atomic E-state index is 0.0540. The van der Waals surface area contributed by atoms with Crippen LogP contribution in [0, 0.1) is 0 Å². The Kier molecular flexibility index (Phi) is 3.85. The maximum absolute atomic E-state index is 12.6. The van der Waals surface area contributed by atoms with E-state index in [2.05, 4.69) is 15.9 Å². The molecule has 1 amide bonds. The monoisotopic (exact) mass is 376 g/mol. The fourth-order valence-corrected chi connectivity index (χ4v) is 3.69. The van der Waals surface area contributed by atoms with E-state index >= 15 is 0 Å². The van der Waals surface area contributed by atoms with E-state index in [4.69, 9.17) is 5.14 Å². The van der Waals surface area contributed by atoms with Gasteiger partial charge in [0.2, 0.25) is 0 Å². The third kappa shape index (κ3) is 3.15. The van der Waals surface area contributed by atoms with Crippen molar-refractivity contribution >= 4 is 32.0 Å². The first kappa shape index (κ1) is 15.0. The molecular weight excluding hydrogens is 360 g/mol. The SMILES string of the molecule is NS(=O)(=O)N1CCN(C(=O)c2cc(Br)cn2C2CC2)CC1. The molecule has 1 aromatic rings. The zero-order chi connectivity index (χ0) is 15.2. The number of rotatable bonds is 3. The molecular formula is C12H17BrN4O3S. The molecule has 21 heavy (non-hydrogen) atoms. The first-order chi connectivity index (χ1) is 9.86. The maximum Gasteiger partial charge on any atom is 0.277 e. The van der Waals surface area contributed by atoms with Crippen LogP contribution >= 0.6 is 15.9 Å². The summed E-state index contributed by atoms with van der Waals surface area (Å²) in [5.41, 5.74) is 0.661. The lowest BCUT2D eigenvalue weighted by molar-refractivity contribution is 0.0686. The molecule has 0 bridgehead atoms. The van der Waals surface area contributed by atoms with Gasteiger partial charge in [-0.25, -0.2) is 5.14 Å². The summed E-state index contributed by atoms with van der Waals surface area (Å²) in [4.78, 5) is 14.3. The number of nitrogens with zero attached hydrogens (tertiary/aromatic N) is 3. The van der Waals surface area contributed by atoms with Crippen LogP contribution in [0.4, 0.5) is 0 Å². The Morgan fingerprint density at radius 2 is 1.86 bits per heavy atom. The van der Waals surface area contributed by atoms with Crippen LogP contribution in [-0.2, 0) is 10.2 Å². The van der Waals surface area contributed by atoms with Crippen molar-refractivity contribution in [3.05, 3.63) is 22.4 Å². The summed E-state index contributed by atoms with van der Waals surface area (Å²) in [6, 6.07) is 2.24. The fourth-order valence-electron chi connectivity index (χ4n) is 2.58. The molecule has 0 aromatic carbocycles. The predicted molar refractivity (Wildman–Crippen MR) is 81.0 cm³/mol. The van der Waals surface area contributed by atoms with Crippen molar-refractivity contribution < 1.29 is 13.2 Å². The number of carbonyl (C=O) groups is 1. The highest BCUT2D eigenvalue weighted by Gasteiger charge is 2.32. The zero-order valence-electron chi connectivity index (χ0n) is 11.4. The third-order valence-electron chi connectivity index (χ3n) is 3.86. The van der Waals surface area contributed by atoms with Gasteiger partial charge in [-0.2, -0.15) is 12.7 Å². The standard InChI is InChI=1S/C12H17BrN4O3S/c13-9-7-11(17(8-9)10-1-2-10)12(18)15-3-5-16(6-4-15)21(14,19)20/h7-8,10H,1-6H2,(H2,14,19,20). The molecule has 0 radical (unpaired) electrons. The Morgan fingerprint density at radius 1 is 1.24 bits per heavy atom. The lowest BCUT2D eigenvalue weighted by Gasteiger charge is -2.33. The van der Waals surface area contributed by atoms with Crippen molar-refractivity contribution in [3.8, 4) is 0 Å². The molecule has 9 heteroatoms. The Balaban J connectivity index is 1.72. The summed E-state index contributed by atoms with van der Waals surface area (Å²) in [5.74, 6) is -0.0540. The topological polar surface area (TPSA) is 88.6 Å². The molecule has 1 saturated carbocycles. The molecule has 1 aromatic heterocycles. The predicted octanol–water partition coefficient (Wildman–Crippen LogP) is 0.547. The van der Waals surface area contributed by atoms with E-state index in [0.29, 0.717) is 24.8 Å². The number of amides is 1. The number of hydrogen-bond acceptors (Lipinski definition) is 3. The molecule has 2 heterocycles. The summed E-state index contributed by atoms with van der Waals surface area (Å²) in [5, 5.41) is 5.10. The highest BCUT2D eigenvalue weighted by Crippen LogP contribution is 2.37. The second kappa shape index (κ2) is 5.38. The molecule has 2 aliphatic rings. The lowest BCUT2D eigenvalue weighted by atomic mass is 10.3. The fraction of sp³-hybridized carbons (Fsp3) is 0.583. The first-order valence-corrected chi connectivity index (χ1v) is 9.10. The maximum atomic E-state index is 12.6. The van der Waals surface area contributed by atoms with E-state index in [9.17, 15) is 13.2 Å².